The number of hydrogen-bond acceptors (Lipinski definition) is 3. The monoisotopic (exact) mass is 366 g/mol. The minimum absolute atomic E-state index is 0.240. The highest BCUT2D eigenvalue weighted by Gasteiger charge is 2.43. The Morgan fingerprint density at radius 2 is 1.54 bits per heavy atom. The summed E-state index contributed by atoms with van der Waals surface area (Å²) in [6.07, 6.45) is 2.06. The average Bonchev–Trinajstić information content (AvgIpc) is 3.23. The van der Waals surface area contributed by atoms with Gasteiger partial charge < -0.3 is 4.90 Å². The number of likely N-dealkylation sites (tertiary alicyclic amines) is 1. The van der Waals surface area contributed by atoms with E-state index in [1.54, 1.807) is 24.3 Å². The van der Waals surface area contributed by atoms with Crippen LogP contribution < -0.4 is 4.90 Å². The zero-order chi connectivity index (χ0) is 18.3. The number of imide groups is 1. The zero-order valence-electron chi connectivity index (χ0n) is 14.5. The Morgan fingerprint density at radius 3 is 2.19 bits per heavy atom. The summed E-state index contributed by atoms with van der Waals surface area (Å²) in [5.41, 5.74) is 3.25. The van der Waals surface area contributed by atoms with Gasteiger partial charge in [-0.15, -0.1) is 0 Å². The topological polar surface area (TPSA) is 40.6 Å². The number of aryl methyl sites for hydroxylation is 1. The van der Waals surface area contributed by atoms with Crippen molar-refractivity contribution in [2.45, 2.75) is 19.8 Å². The number of benzene rings is 2. The van der Waals surface area contributed by atoms with E-state index in [1.807, 2.05) is 36.1 Å². The van der Waals surface area contributed by atoms with Crippen molar-refractivity contribution in [1.29, 1.82) is 0 Å². The molecule has 0 aliphatic carbocycles. The van der Waals surface area contributed by atoms with Crippen LogP contribution in [0.3, 0.4) is 0 Å². The molecule has 2 aliphatic heterocycles. The number of carbonyl (C=O) groups is 2. The van der Waals surface area contributed by atoms with E-state index >= 15 is 0 Å². The van der Waals surface area contributed by atoms with Gasteiger partial charge in [0, 0.05) is 18.1 Å². The summed E-state index contributed by atoms with van der Waals surface area (Å²) in [7, 11) is 0. The third-order valence-corrected chi connectivity index (χ3v) is 5.22. The van der Waals surface area contributed by atoms with Crippen LogP contribution in [-0.2, 0) is 9.59 Å². The van der Waals surface area contributed by atoms with E-state index in [4.69, 9.17) is 11.6 Å². The molecule has 2 aromatic rings. The maximum Gasteiger partial charge on any atom is 0.282 e. The van der Waals surface area contributed by atoms with Crippen molar-refractivity contribution >= 4 is 34.7 Å². The summed E-state index contributed by atoms with van der Waals surface area (Å²) < 4.78 is 0. The van der Waals surface area contributed by atoms with Crippen LogP contribution in [0.1, 0.15) is 24.0 Å². The molecule has 0 bridgehead atoms. The summed E-state index contributed by atoms with van der Waals surface area (Å²) in [6, 6.07) is 14.6. The molecule has 0 N–H and O–H groups in total. The second kappa shape index (κ2) is 6.61. The van der Waals surface area contributed by atoms with E-state index in [0.29, 0.717) is 22.0 Å². The smallest absolute Gasteiger partial charge is 0.282 e. The van der Waals surface area contributed by atoms with Crippen molar-refractivity contribution in [3.8, 4) is 0 Å². The molecular weight excluding hydrogens is 348 g/mol. The number of amides is 2. The van der Waals surface area contributed by atoms with Crippen LogP contribution >= 0.6 is 11.6 Å². The lowest BCUT2D eigenvalue weighted by Crippen LogP contribution is -2.34. The van der Waals surface area contributed by atoms with Crippen LogP contribution in [0.25, 0.3) is 5.57 Å². The summed E-state index contributed by atoms with van der Waals surface area (Å²) >= 11 is 6.00. The van der Waals surface area contributed by atoms with Gasteiger partial charge in [0.15, 0.2) is 0 Å². The van der Waals surface area contributed by atoms with Gasteiger partial charge in [-0.25, -0.2) is 4.90 Å². The molecular formula is C21H19ClN2O2. The van der Waals surface area contributed by atoms with Gasteiger partial charge in [0.05, 0.1) is 11.3 Å². The number of para-hydroxylation sites is 1. The second-order valence-corrected chi connectivity index (χ2v) is 7.09. The third-order valence-electron chi connectivity index (χ3n) is 4.97. The highest BCUT2D eigenvalue weighted by atomic mass is 35.5. The number of rotatable bonds is 3. The molecule has 132 valence electrons. The van der Waals surface area contributed by atoms with E-state index in [9.17, 15) is 9.59 Å². The third kappa shape index (κ3) is 2.71. The number of hydrogen-bond donors (Lipinski definition) is 0. The van der Waals surface area contributed by atoms with Crippen LogP contribution in [0, 0.1) is 6.92 Å². The standard InChI is InChI=1S/C21H19ClN2O2/c1-14-6-2-3-7-17(14)24-20(25)18(15-8-10-16(22)11-9-15)19(21(24)26)23-12-4-5-13-23/h2-3,6-11H,4-5,12-13H2,1H3. The Hall–Kier alpha value is -2.59. The first-order chi connectivity index (χ1) is 12.6. The lowest BCUT2D eigenvalue weighted by Gasteiger charge is -2.21. The zero-order valence-corrected chi connectivity index (χ0v) is 15.3. The quantitative estimate of drug-likeness (QED) is 0.770. The van der Waals surface area contributed by atoms with Crippen molar-refractivity contribution in [2.75, 3.05) is 18.0 Å². The fourth-order valence-corrected chi connectivity index (χ4v) is 3.79. The normalized spacial score (nSPS) is 17.6. The molecule has 4 nitrogen and oxygen atoms in total. The molecule has 0 saturated carbocycles. The van der Waals surface area contributed by atoms with Gasteiger partial charge in [0.1, 0.15) is 5.70 Å². The number of halogens is 1. The lowest BCUT2D eigenvalue weighted by molar-refractivity contribution is -0.120. The van der Waals surface area contributed by atoms with Gasteiger partial charge in [-0.2, -0.15) is 0 Å². The molecule has 0 radical (unpaired) electrons. The fourth-order valence-electron chi connectivity index (χ4n) is 3.66. The minimum Gasteiger partial charge on any atom is -0.366 e. The first-order valence-corrected chi connectivity index (χ1v) is 9.15. The SMILES string of the molecule is Cc1ccccc1N1C(=O)C(c2ccc(Cl)cc2)=C(N2CCCC2)C1=O. The predicted octanol–water partition coefficient (Wildman–Crippen LogP) is 4.03. The Morgan fingerprint density at radius 1 is 0.885 bits per heavy atom. The summed E-state index contributed by atoms with van der Waals surface area (Å²) in [4.78, 5) is 30.0. The van der Waals surface area contributed by atoms with Crippen LogP contribution in [0.4, 0.5) is 5.69 Å². The van der Waals surface area contributed by atoms with E-state index in [2.05, 4.69) is 0 Å². The summed E-state index contributed by atoms with van der Waals surface area (Å²) in [5.74, 6) is -0.510. The molecule has 5 heteroatoms. The van der Waals surface area contributed by atoms with Crippen LogP contribution in [0.5, 0.6) is 0 Å². The van der Waals surface area contributed by atoms with Gasteiger partial charge >= 0.3 is 0 Å². The minimum atomic E-state index is -0.270. The predicted molar refractivity (Wildman–Crippen MR) is 103 cm³/mol. The Kier molecular flexibility index (Phi) is 4.29. The molecule has 1 saturated heterocycles. The Balaban J connectivity index is 1.86. The molecule has 0 unspecified atom stereocenters. The number of anilines is 1. The highest BCUT2D eigenvalue weighted by Crippen LogP contribution is 2.37. The van der Waals surface area contributed by atoms with Gasteiger partial charge in [-0.1, -0.05) is 41.9 Å². The maximum atomic E-state index is 13.3. The van der Waals surface area contributed by atoms with Crippen LogP contribution in [0.15, 0.2) is 54.2 Å². The summed E-state index contributed by atoms with van der Waals surface area (Å²) in [5, 5.41) is 0.601. The molecule has 2 amide bonds. The molecule has 0 spiro atoms. The van der Waals surface area contributed by atoms with Gasteiger partial charge in [0.2, 0.25) is 0 Å². The van der Waals surface area contributed by atoms with E-state index < -0.39 is 0 Å². The molecule has 2 aromatic carbocycles. The van der Waals surface area contributed by atoms with Crippen LogP contribution in [0.2, 0.25) is 5.02 Å². The molecule has 2 aliphatic rings. The average molecular weight is 367 g/mol. The van der Waals surface area contributed by atoms with Crippen molar-refractivity contribution in [2.24, 2.45) is 0 Å². The largest absolute Gasteiger partial charge is 0.366 e. The number of nitrogens with zero attached hydrogens (tertiary/aromatic N) is 2. The van der Waals surface area contributed by atoms with Crippen LogP contribution in [-0.4, -0.2) is 29.8 Å². The van der Waals surface area contributed by atoms with Crippen molar-refractivity contribution in [3.05, 3.63) is 70.4 Å². The fraction of sp³-hybridized carbons (Fsp3) is 0.238. The molecule has 2 heterocycles. The molecule has 1 fully saturated rings. The maximum absolute atomic E-state index is 13.3. The van der Waals surface area contributed by atoms with E-state index in [0.717, 1.165) is 37.1 Å². The second-order valence-electron chi connectivity index (χ2n) is 6.66. The highest BCUT2D eigenvalue weighted by molar-refractivity contribution is 6.45. The first-order valence-electron chi connectivity index (χ1n) is 8.77. The molecule has 26 heavy (non-hydrogen) atoms. The Labute approximate surface area is 157 Å². The van der Waals surface area contributed by atoms with Gasteiger partial charge in [-0.3, -0.25) is 9.59 Å². The Bertz CT molecular complexity index is 912. The molecule has 0 atom stereocenters. The van der Waals surface area contributed by atoms with Gasteiger partial charge in [0.25, 0.3) is 11.8 Å². The van der Waals surface area contributed by atoms with E-state index in [1.165, 1.54) is 4.90 Å². The molecule has 0 aromatic heterocycles. The number of carbonyl (C=O) groups excluding carboxylic acids is 2. The van der Waals surface area contributed by atoms with Crippen molar-refractivity contribution < 1.29 is 9.59 Å². The van der Waals surface area contributed by atoms with Crippen molar-refractivity contribution in [1.82, 2.24) is 4.90 Å². The first kappa shape index (κ1) is 16.9. The van der Waals surface area contributed by atoms with Crippen molar-refractivity contribution in [3.63, 3.8) is 0 Å². The molecule has 4 rings (SSSR count). The lowest BCUT2D eigenvalue weighted by atomic mass is 10.0. The summed E-state index contributed by atoms with van der Waals surface area (Å²) in [6.45, 7) is 3.51. The van der Waals surface area contributed by atoms with E-state index in [-0.39, 0.29) is 11.8 Å². The van der Waals surface area contributed by atoms with Gasteiger partial charge in [-0.05, 0) is 49.1 Å².